The van der Waals surface area contributed by atoms with Crippen molar-refractivity contribution in [1.82, 2.24) is 5.32 Å². The third kappa shape index (κ3) is 5.83. The van der Waals surface area contributed by atoms with Crippen LogP contribution in [-0.4, -0.2) is 35.2 Å². The number of anilines is 1. The molecule has 5 nitrogen and oxygen atoms in total. The minimum atomic E-state index is -1.04. The number of halogens is 1. The van der Waals surface area contributed by atoms with Gasteiger partial charge >= 0.3 is 12.0 Å². The van der Waals surface area contributed by atoms with Crippen LogP contribution in [0.25, 0.3) is 0 Å². The highest BCUT2D eigenvalue weighted by Gasteiger charge is 2.08. The maximum atomic E-state index is 11.7. The van der Waals surface area contributed by atoms with Crippen LogP contribution in [0, 0.1) is 0 Å². The van der Waals surface area contributed by atoms with E-state index in [0.717, 1.165) is 6.42 Å². The van der Waals surface area contributed by atoms with Crippen LogP contribution in [0.2, 0.25) is 0 Å². The van der Waals surface area contributed by atoms with Crippen LogP contribution in [0.1, 0.15) is 23.7 Å². The first-order valence-corrected chi connectivity index (χ1v) is 8.12. The number of rotatable bonds is 6. The van der Waals surface area contributed by atoms with E-state index in [1.165, 1.54) is 12.1 Å². The molecule has 20 heavy (non-hydrogen) atoms. The van der Waals surface area contributed by atoms with Gasteiger partial charge in [0, 0.05) is 22.0 Å². The Morgan fingerprint density at radius 2 is 2.10 bits per heavy atom. The van der Waals surface area contributed by atoms with Gasteiger partial charge in [-0.1, -0.05) is 22.9 Å². The number of carboxylic acids is 1. The molecule has 0 bridgehead atoms. The Morgan fingerprint density at radius 3 is 2.70 bits per heavy atom. The molecule has 0 aromatic heterocycles. The number of thioether (sulfide) groups is 1. The maximum Gasteiger partial charge on any atom is 0.335 e. The highest BCUT2D eigenvalue weighted by Crippen LogP contribution is 2.19. The number of urea groups is 1. The first-order chi connectivity index (χ1) is 9.42. The summed E-state index contributed by atoms with van der Waals surface area (Å²) in [5.41, 5.74) is 0.554. The van der Waals surface area contributed by atoms with Crippen molar-refractivity contribution < 1.29 is 14.7 Å². The molecule has 3 N–H and O–H groups in total. The Balaban J connectivity index is 2.55. The number of carbonyl (C=O) groups excluding carboxylic acids is 1. The van der Waals surface area contributed by atoms with Crippen molar-refractivity contribution in [1.29, 1.82) is 0 Å². The molecule has 2 amide bonds. The molecule has 1 atom stereocenters. The molecule has 0 fully saturated rings. The summed E-state index contributed by atoms with van der Waals surface area (Å²) in [6, 6.07) is 4.20. The van der Waals surface area contributed by atoms with Crippen molar-refractivity contribution in [3.05, 3.63) is 28.2 Å². The molecule has 0 heterocycles. The summed E-state index contributed by atoms with van der Waals surface area (Å²) < 4.78 is 0.601. The average Bonchev–Trinajstić information content (AvgIpc) is 2.37. The van der Waals surface area contributed by atoms with Crippen molar-refractivity contribution in [2.45, 2.75) is 18.6 Å². The molecule has 1 unspecified atom stereocenters. The predicted molar refractivity (Wildman–Crippen MR) is 85.7 cm³/mol. The first-order valence-electron chi connectivity index (χ1n) is 6.04. The van der Waals surface area contributed by atoms with Gasteiger partial charge in [0.25, 0.3) is 0 Å². The van der Waals surface area contributed by atoms with Crippen molar-refractivity contribution in [3.63, 3.8) is 0 Å². The number of aromatic carboxylic acids is 1. The van der Waals surface area contributed by atoms with Crippen LogP contribution in [-0.2, 0) is 0 Å². The molecule has 110 valence electrons. The number of nitrogens with one attached hydrogen (secondary N) is 2. The maximum absolute atomic E-state index is 11.7. The van der Waals surface area contributed by atoms with Crippen molar-refractivity contribution in [2.75, 3.05) is 18.1 Å². The lowest BCUT2D eigenvalue weighted by Gasteiger charge is -2.11. The van der Waals surface area contributed by atoms with E-state index in [1.54, 1.807) is 17.8 Å². The van der Waals surface area contributed by atoms with Gasteiger partial charge in [-0.3, -0.25) is 0 Å². The summed E-state index contributed by atoms with van der Waals surface area (Å²) in [4.78, 5) is 22.6. The van der Waals surface area contributed by atoms with E-state index < -0.39 is 5.97 Å². The minimum Gasteiger partial charge on any atom is -0.478 e. The van der Waals surface area contributed by atoms with Crippen molar-refractivity contribution in [3.8, 4) is 0 Å². The zero-order valence-electron chi connectivity index (χ0n) is 11.3. The van der Waals surface area contributed by atoms with Crippen molar-refractivity contribution >= 4 is 45.4 Å². The summed E-state index contributed by atoms with van der Waals surface area (Å²) in [5, 5.41) is 14.8. The number of benzene rings is 1. The molecule has 0 saturated heterocycles. The molecule has 0 spiro atoms. The Bertz CT molecular complexity index is 497. The summed E-state index contributed by atoms with van der Waals surface area (Å²) in [5.74, 6) is -1.04. The van der Waals surface area contributed by atoms with Gasteiger partial charge in [-0.15, -0.1) is 0 Å². The van der Waals surface area contributed by atoms with Gasteiger partial charge in [-0.25, -0.2) is 9.59 Å². The second-order valence-corrected chi connectivity index (χ2v) is 6.44. The summed E-state index contributed by atoms with van der Waals surface area (Å²) >= 11 is 4.96. The minimum absolute atomic E-state index is 0.116. The summed E-state index contributed by atoms with van der Waals surface area (Å²) in [6.07, 6.45) is 2.91. The number of carbonyl (C=O) groups is 2. The lowest BCUT2D eigenvalue weighted by Crippen LogP contribution is -2.30. The number of hydrogen-bond donors (Lipinski definition) is 3. The highest BCUT2D eigenvalue weighted by atomic mass is 79.9. The molecule has 0 radical (unpaired) electrons. The fourth-order valence-corrected chi connectivity index (χ4v) is 2.31. The van der Waals surface area contributed by atoms with Gasteiger partial charge in [0.15, 0.2) is 0 Å². The SMILES string of the molecule is CSC(C)CCNC(=O)Nc1cc(Br)cc(C(=O)O)c1. The monoisotopic (exact) mass is 360 g/mol. The largest absolute Gasteiger partial charge is 0.478 e. The molecule has 1 aromatic rings. The molecule has 1 rings (SSSR count). The van der Waals surface area contributed by atoms with Gasteiger partial charge in [0.05, 0.1) is 5.56 Å². The van der Waals surface area contributed by atoms with E-state index in [0.29, 0.717) is 22.0 Å². The van der Waals surface area contributed by atoms with E-state index in [1.807, 2.05) is 6.26 Å². The Morgan fingerprint density at radius 1 is 1.40 bits per heavy atom. The molecule has 0 saturated carbocycles. The summed E-state index contributed by atoms with van der Waals surface area (Å²) in [7, 11) is 0. The predicted octanol–water partition coefficient (Wildman–Crippen LogP) is 3.41. The molecular formula is C13H17BrN2O3S. The third-order valence-corrected chi connectivity index (χ3v) is 4.14. The Hall–Kier alpha value is -1.21. The zero-order chi connectivity index (χ0) is 15.1. The third-order valence-electron chi connectivity index (χ3n) is 2.64. The normalized spacial score (nSPS) is 11.8. The average molecular weight is 361 g/mol. The number of carboxylic acid groups (broad SMARTS) is 1. The quantitative estimate of drug-likeness (QED) is 0.726. The zero-order valence-corrected chi connectivity index (χ0v) is 13.7. The van der Waals surface area contributed by atoms with Crippen molar-refractivity contribution in [2.24, 2.45) is 0 Å². The lowest BCUT2D eigenvalue weighted by atomic mass is 10.2. The van der Waals surface area contributed by atoms with Crippen LogP contribution < -0.4 is 10.6 Å². The van der Waals surface area contributed by atoms with Crippen LogP contribution in [0.15, 0.2) is 22.7 Å². The van der Waals surface area contributed by atoms with E-state index in [9.17, 15) is 9.59 Å². The number of amides is 2. The van der Waals surface area contributed by atoms with Crippen LogP contribution in [0.4, 0.5) is 10.5 Å². The number of hydrogen-bond acceptors (Lipinski definition) is 3. The second kappa shape index (κ2) is 8.16. The second-order valence-electron chi connectivity index (χ2n) is 4.25. The standard InChI is InChI=1S/C13H17BrN2O3S/c1-8(20-2)3-4-15-13(19)16-11-6-9(12(17)18)5-10(14)7-11/h5-8H,3-4H2,1-2H3,(H,17,18)(H2,15,16,19). The van der Waals surface area contributed by atoms with Crippen LogP contribution >= 0.6 is 27.7 Å². The molecule has 0 aliphatic rings. The van der Waals surface area contributed by atoms with E-state index in [-0.39, 0.29) is 11.6 Å². The highest BCUT2D eigenvalue weighted by molar-refractivity contribution is 9.10. The lowest BCUT2D eigenvalue weighted by molar-refractivity contribution is 0.0697. The van der Waals surface area contributed by atoms with Gasteiger partial charge in [0.1, 0.15) is 0 Å². The summed E-state index contributed by atoms with van der Waals surface area (Å²) in [6.45, 7) is 2.67. The van der Waals surface area contributed by atoms with Crippen LogP contribution in [0.5, 0.6) is 0 Å². The molecule has 7 heteroatoms. The Labute approximate surface area is 130 Å². The molecule has 0 aliphatic heterocycles. The molecule has 1 aromatic carbocycles. The topological polar surface area (TPSA) is 78.4 Å². The Kier molecular flexibility index (Phi) is 6.87. The van der Waals surface area contributed by atoms with E-state index in [4.69, 9.17) is 5.11 Å². The molecular weight excluding hydrogens is 344 g/mol. The smallest absolute Gasteiger partial charge is 0.335 e. The van der Waals surface area contributed by atoms with E-state index >= 15 is 0 Å². The van der Waals surface area contributed by atoms with Crippen LogP contribution in [0.3, 0.4) is 0 Å². The van der Waals surface area contributed by atoms with Gasteiger partial charge in [0.2, 0.25) is 0 Å². The molecule has 0 aliphatic carbocycles. The fraction of sp³-hybridized carbons (Fsp3) is 0.385. The van der Waals surface area contributed by atoms with E-state index in [2.05, 4.69) is 33.5 Å². The van der Waals surface area contributed by atoms with Gasteiger partial charge in [-0.2, -0.15) is 11.8 Å². The van der Waals surface area contributed by atoms with Gasteiger partial charge in [-0.05, 0) is 30.9 Å². The fourth-order valence-electron chi connectivity index (χ4n) is 1.47. The first kappa shape index (κ1) is 16.8. The van der Waals surface area contributed by atoms with Gasteiger partial charge < -0.3 is 15.7 Å².